The molecule has 1 aliphatic heterocycles. The van der Waals surface area contributed by atoms with Crippen LogP contribution >= 0.6 is 0 Å². The van der Waals surface area contributed by atoms with Gasteiger partial charge in [0.15, 0.2) is 11.5 Å². The standard InChI is InChI=1S/C34H33N9.C2H6.C2H2/c1-23(21-35)20-31(36)39-26-15-18-42(19-16-26)22-24-9-11-27(12-10-24)43-33(28-8-5-17-38-32(28)37)41-30-14-13-29(40-34(30)43)25-6-3-2-4-7-25;2*1-2/h2-14,17,20,26H,15-16,18-19,22H2,1H3,(H2,36,39)(H2,37,38);1-2H3;1-2H/b23-20+;;. The van der Waals surface area contributed by atoms with Crippen molar-refractivity contribution >= 4 is 22.8 Å². The number of fused-ring (bicyclic) bond motifs is 1. The molecule has 0 unspecified atom stereocenters. The molecule has 1 saturated heterocycles. The van der Waals surface area contributed by atoms with E-state index in [1.54, 1.807) is 19.2 Å². The quantitative estimate of drug-likeness (QED) is 0.0881. The highest BCUT2D eigenvalue weighted by atomic mass is 15.1. The van der Waals surface area contributed by atoms with E-state index in [1.807, 2.05) is 56.3 Å². The van der Waals surface area contributed by atoms with Crippen molar-refractivity contribution in [3.05, 3.63) is 102 Å². The Balaban J connectivity index is 0.00000120. The van der Waals surface area contributed by atoms with Crippen molar-refractivity contribution in [1.29, 1.82) is 5.26 Å². The zero-order valence-electron chi connectivity index (χ0n) is 27.2. The largest absolute Gasteiger partial charge is 0.384 e. The van der Waals surface area contributed by atoms with Crippen LogP contribution in [0.2, 0.25) is 0 Å². The van der Waals surface area contributed by atoms with E-state index in [4.69, 9.17) is 26.7 Å². The zero-order valence-corrected chi connectivity index (χ0v) is 27.2. The fourth-order valence-electron chi connectivity index (χ4n) is 5.48. The van der Waals surface area contributed by atoms with E-state index in [0.29, 0.717) is 23.1 Å². The lowest BCUT2D eigenvalue weighted by Crippen LogP contribution is -2.35. The maximum absolute atomic E-state index is 8.96. The molecule has 0 saturated carbocycles. The number of piperidine rings is 1. The molecule has 0 spiro atoms. The normalized spacial score (nSPS) is 14.0. The van der Waals surface area contributed by atoms with Gasteiger partial charge in [-0.3, -0.25) is 14.5 Å². The number of amidine groups is 1. The molecule has 0 bridgehead atoms. The molecule has 0 amide bonds. The summed E-state index contributed by atoms with van der Waals surface area (Å²) in [5.74, 6) is 1.55. The molecule has 0 radical (unpaired) electrons. The third kappa shape index (κ3) is 8.29. The lowest BCUT2D eigenvalue weighted by atomic mass is 10.0. The van der Waals surface area contributed by atoms with Gasteiger partial charge in [-0.2, -0.15) is 5.26 Å². The molecule has 238 valence electrons. The summed E-state index contributed by atoms with van der Waals surface area (Å²) in [6, 6.07) is 28.8. The minimum absolute atomic E-state index is 0.183. The number of nitrogens with two attached hydrogens (primary N) is 2. The van der Waals surface area contributed by atoms with Crippen molar-refractivity contribution in [1.82, 2.24) is 24.4 Å². The van der Waals surface area contributed by atoms with Crippen LogP contribution in [0.15, 0.2) is 102 Å². The van der Waals surface area contributed by atoms with Crippen molar-refractivity contribution in [2.45, 2.75) is 46.2 Å². The highest BCUT2D eigenvalue weighted by molar-refractivity contribution is 5.92. The molecule has 0 atom stereocenters. The number of imidazole rings is 1. The Morgan fingerprint density at radius 3 is 2.34 bits per heavy atom. The second-order valence-corrected chi connectivity index (χ2v) is 10.8. The Bertz CT molecular complexity index is 1890. The van der Waals surface area contributed by atoms with Gasteiger partial charge < -0.3 is 11.5 Å². The van der Waals surface area contributed by atoms with Gasteiger partial charge in [-0.25, -0.2) is 15.0 Å². The molecule has 47 heavy (non-hydrogen) atoms. The number of nitrogens with zero attached hydrogens (tertiary/aromatic N) is 7. The Morgan fingerprint density at radius 1 is 0.979 bits per heavy atom. The fourth-order valence-corrected chi connectivity index (χ4v) is 5.48. The molecular weight excluding hydrogens is 582 g/mol. The van der Waals surface area contributed by atoms with E-state index in [2.05, 4.69) is 74.8 Å². The van der Waals surface area contributed by atoms with E-state index < -0.39 is 0 Å². The maximum atomic E-state index is 8.96. The molecule has 1 fully saturated rings. The van der Waals surface area contributed by atoms with Gasteiger partial charge >= 0.3 is 0 Å². The van der Waals surface area contributed by atoms with Crippen LogP contribution < -0.4 is 11.5 Å². The van der Waals surface area contributed by atoms with Crippen LogP contribution in [0.25, 0.3) is 39.5 Å². The van der Waals surface area contributed by atoms with Crippen LogP contribution in [0.4, 0.5) is 5.82 Å². The summed E-state index contributed by atoms with van der Waals surface area (Å²) in [7, 11) is 0. The molecule has 4 N–H and O–H groups in total. The predicted octanol–water partition coefficient (Wildman–Crippen LogP) is 6.80. The first-order chi connectivity index (χ1) is 23.0. The molecule has 3 aromatic heterocycles. The molecule has 0 aliphatic carbocycles. The number of terminal acetylenes is 1. The van der Waals surface area contributed by atoms with Gasteiger partial charge in [0.05, 0.1) is 23.4 Å². The molecule has 6 rings (SSSR count). The van der Waals surface area contributed by atoms with Crippen LogP contribution in [0.1, 0.15) is 39.2 Å². The first-order valence-electron chi connectivity index (χ1n) is 15.7. The number of hydrogen-bond acceptors (Lipinski definition) is 7. The summed E-state index contributed by atoms with van der Waals surface area (Å²) < 4.78 is 2.06. The summed E-state index contributed by atoms with van der Waals surface area (Å²) in [5, 5.41) is 8.96. The number of rotatable bonds is 7. The number of nitrogen functional groups attached to an aromatic ring is 1. The van der Waals surface area contributed by atoms with Crippen LogP contribution in [0, 0.1) is 24.2 Å². The smallest absolute Gasteiger partial charge is 0.165 e. The van der Waals surface area contributed by atoms with Gasteiger partial charge in [0.25, 0.3) is 0 Å². The Hall–Kier alpha value is -5.77. The van der Waals surface area contributed by atoms with Crippen molar-refractivity contribution in [3.63, 3.8) is 0 Å². The second kappa shape index (κ2) is 16.5. The third-order valence-electron chi connectivity index (χ3n) is 7.68. The maximum Gasteiger partial charge on any atom is 0.165 e. The summed E-state index contributed by atoms with van der Waals surface area (Å²) in [6.45, 7) is 8.46. The van der Waals surface area contributed by atoms with Crippen molar-refractivity contribution in [3.8, 4) is 47.2 Å². The number of nitriles is 1. The predicted molar refractivity (Wildman–Crippen MR) is 192 cm³/mol. The number of allylic oxidation sites excluding steroid dienone is 1. The molecule has 1 aliphatic rings. The highest BCUT2D eigenvalue weighted by Crippen LogP contribution is 2.32. The lowest BCUT2D eigenvalue weighted by molar-refractivity contribution is 0.206. The van der Waals surface area contributed by atoms with Gasteiger partial charge in [-0.1, -0.05) is 56.3 Å². The number of aliphatic imine (C=N–C) groups is 1. The lowest BCUT2D eigenvalue weighted by Gasteiger charge is -2.30. The Labute approximate surface area is 277 Å². The van der Waals surface area contributed by atoms with Crippen molar-refractivity contribution in [2.75, 3.05) is 18.8 Å². The molecule has 4 heterocycles. The number of likely N-dealkylation sites (tertiary alicyclic amines) is 1. The number of hydrogen-bond donors (Lipinski definition) is 2. The summed E-state index contributed by atoms with van der Waals surface area (Å²) in [6.07, 6.45) is 13.2. The average Bonchev–Trinajstić information content (AvgIpc) is 3.50. The first-order valence-corrected chi connectivity index (χ1v) is 15.7. The Morgan fingerprint density at radius 2 is 1.68 bits per heavy atom. The SMILES string of the molecule is C#C.C/C(C#N)=C\C(N)=NC1CCN(Cc2ccc(-n3c(-c4cccnc4N)nc4ccc(-c5ccccc5)nc43)cc2)CC1.CC. The van der Waals surface area contributed by atoms with Gasteiger partial charge in [0.1, 0.15) is 17.2 Å². The van der Waals surface area contributed by atoms with Crippen LogP contribution in [0.3, 0.4) is 0 Å². The number of aromatic nitrogens is 4. The van der Waals surface area contributed by atoms with Gasteiger partial charge in [0.2, 0.25) is 0 Å². The molecule has 9 heteroatoms. The van der Waals surface area contributed by atoms with E-state index in [9.17, 15) is 0 Å². The monoisotopic (exact) mass is 623 g/mol. The molecule has 5 aromatic rings. The van der Waals surface area contributed by atoms with Crippen LogP contribution in [-0.2, 0) is 6.54 Å². The summed E-state index contributed by atoms with van der Waals surface area (Å²) >= 11 is 0. The minimum Gasteiger partial charge on any atom is -0.384 e. The minimum atomic E-state index is 0.183. The molecule has 2 aromatic carbocycles. The molecule has 9 nitrogen and oxygen atoms in total. The average molecular weight is 624 g/mol. The third-order valence-corrected chi connectivity index (χ3v) is 7.68. The summed E-state index contributed by atoms with van der Waals surface area (Å²) in [4.78, 5) is 21.4. The van der Waals surface area contributed by atoms with Gasteiger partial charge in [0, 0.05) is 42.7 Å². The number of anilines is 1. The van der Waals surface area contributed by atoms with E-state index in [0.717, 1.165) is 66.1 Å². The highest BCUT2D eigenvalue weighted by Gasteiger charge is 2.21. The fraction of sp³-hybridized carbons (Fsp3) is 0.237. The number of benzene rings is 2. The van der Waals surface area contributed by atoms with E-state index >= 15 is 0 Å². The van der Waals surface area contributed by atoms with E-state index in [1.165, 1.54) is 5.56 Å². The van der Waals surface area contributed by atoms with Crippen LogP contribution in [0.5, 0.6) is 0 Å². The summed E-state index contributed by atoms with van der Waals surface area (Å²) in [5.41, 5.74) is 19.3. The van der Waals surface area contributed by atoms with Gasteiger partial charge in [-0.05, 0) is 67.8 Å². The zero-order chi connectivity index (χ0) is 33.8. The van der Waals surface area contributed by atoms with Crippen molar-refractivity contribution < 1.29 is 0 Å². The first kappa shape index (κ1) is 34.1. The van der Waals surface area contributed by atoms with Gasteiger partial charge in [-0.15, -0.1) is 12.8 Å². The Kier molecular flexibility index (Phi) is 12.0. The van der Waals surface area contributed by atoms with E-state index in [-0.39, 0.29) is 6.04 Å². The topological polar surface area (TPSA) is 135 Å². The second-order valence-electron chi connectivity index (χ2n) is 10.8. The van der Waals surface area contributed by atoms with Crippen molar-refractivity contribution in [2.24, 2.45) is 10.7 Å². The molecular formula is C38H41N9. The van der Waals surface area contributed by atoms with Crippen LogP contribution in [-0.4, -0.2) is 49.4 Å². The number of pyridine rings is 2.